The van der Waals surface area contributed by atoms with Crippen LogP contribution in [0.4, 0.5) is 13.2 Å². The molecule has 0 spiro atoms. The second kappa shape index (κ2) is 6.23. The van der Waals surface area contributed by atoms with Crippen molar-refractivity contribution >= 4 is 27.5 Å². The lowest BCUT2D eigenvalue weighted by Gasteiger charge is -2.21. The predicted molar refractivity (Wildman–Crippen MR) is 65.4 cm³/mol. The van der Waals surface area contributed by atoms with Gasteiger partial charge in [0.15, 0.2) is 0 Å². The highest BCUT2D eigenvalue weighted by Gasteiger charge is 2.36. The van der Waals surface area contributed by atoms with Gasteiger partial charge in [-0.05, 0) is 24.1 Å². The van der Waals surface area contributed by atoms with Crippen LogP contribution in [-0.4, -0.2) is 22.2 Å². The van der Waals surface area contributed by atoms with E-state index < -0.39 is 23.9 Å². The Bertz CT molecular complexity index is 412. The Balaban J connectivity index is 3.15. The van der Waals surface area contributed by atoms with Crippen LogP contribution >= 0.6 is 27.5 Å². The van der Waals surface area contributed by atoms with Gasteiger partial charge >= 0.3 is 6.18 Å². The monoisotopic (exact) mass is 346 g/mol. The Hall–Kier alpha value is -0.300. The maximum Gasteiger partial charge on any atom is 0.416 e. The van der Waals surface area contributed by atoms with Crippen molar-refractivity contribution in [2.24, 2.45) is 0 Å². The van der Waals surface area contributed by atoms with E-state index >= 15 is 0 Å². The molecule has 1 aromatic carbocycles. The van der Waals surface area contributed by atoms with Gasteiger partial charge in [-0.25, -0.2) is 0 Å². The van der Waals surface area contributed by atoms with Gasteiger partial charge in [0, 0.05) is 10.4 Å². The van der Waals surface area contributed by atoms with Crippen LogP contribution in [0.3, 0.4) is 0 Å². The highest BCUT2D eigenvalue weighted by atomic mass is 79.9. The van der Waals surface area contributed by atoms with Crippen LogP contribution in [-0.2, 0) is 6.18 Å². The fourth-order valence-corrected chi connectivity index (χ4v) is 2.09. The van der Waals surface area contributed by atoms with Gasteiger partial charge in [-0.1, -0.05) is 22.0 Å². The minimum absolute atomic E-state index is 0.0100. The second-order valence-electron chi connectivity index (χ2n) is 3.72. The van der Waals surface area contributed by atoms with E-state index in [0.29, 0.717) is 0 Å². The number of aliphatic hydroxyl groups is 2. The standard InChI is InChI=1S/C11H11BrClF3O2/c12-6-1-2-7(8(5-6)11(14,15)16)10(18)9(17)3-4-13/h1-2,5,9-10,17-18H,3-4H2. The van der Waals surface area contributed by atoms with Crippen molar-refractivity contribution in [1.82, 2.24) is 0 Å². The second-order valence-corrected chi connectivity index (χ2v) is 5.01. The van der Waals surface area contributed by atoms with E-state index in [0.717, 1.165) is 12.1 Å². The van der Waals surface area contributed by atoms with Crippen molar-refractivity contribution in [3.8, 4) is 0 Å². The van der Waals surface area contributed by atoms with E-state index in [1.165, 1.54) is 6.07 Å². The molecule has 7 heteroatoms. The molecule has 2 N–H and O–H groups in total. The Kier molecular flexibility index (Phi) is 5.46. The van der Waals surface area contributed by atoms with E-state index in [9.17, 15) is 23.4 Å². The van der Waals surface area contributed by atoms with Gasteiger partial charge in [0.25, 0.3) is 0 Å². The lowest BCUT2D eigenvalue weighted by atomic mass is 9.97. The van der Waals surface area contributed by atoms with Crippen molar-refractivity contribution in [2.45, 2.75) is 24.8 Å². The SMILES string of the molecule is OC(CCCl)C(O)c1ccc(Br)cc1C(F)(F)F. The van der Waals surface area contributed by atoms with Gasteiger partial charge in [0.1, 0.15) is 6.10 Å². The minimum Gasteiger partial charge on any atom is -0.390 e. The van der Waals surface area contributed by atoms with E-state index in [1.807, 2.05) is 0 Å². The lowest BCUT2D eigenvalue weighted by Crippen LogP contribution is -2.22. The fourth-order valence-electron chi connectivity index (χ4n) is 1.51. The molecule has 0 amide bonds. The number of rotatable bonds is 4. The summed E-state index contributed by atoms with van der Waals surface area (Å²) < 4.78 is 38.6. The molecule has 102 valence electrons. The third-order valence-electron chi connectivity index (χ3n) is 2.41. The largest absolute Gasteiger partial charge is 0.416 e. The average Bonchev–Trinajstić information content (AvgIpc) is 2.27. The van der Waals surface area contributed by atoms with Crippen molar-refractivity contribution < 1.29 is 23.4 Å². The topological polar surface area (TPSA) is 40.5 Å². The molecular formula is C11H11BrClF3O2. The summed E-state index contributed by atoms with van der Waals surface area (Å²) in [6, 6.07) is 3.38. The molecule has 0 aromatic heterocycles. The number of aliphatic hydroxyl groups excluding tert-OH is 2. The minimum atomic E-state index is -4.60. The zero-order valence-corrected chi connectivity index (χ0v) is 11.4. The van der Waals surface area contributed by atoms with Crippen molar-refractivity contribution in [1.29, 1.82) is 0 Å². The molecule has 18 heavy (non-hydrogen) atoms. The molecule has 0 aliphatic carbocycles. The summed E-state index contributed by atoms with van der Waals surface area (Å²) in [6.07, 6.45) is -7.53. The van der Waals surface area contributed by atoms with Gasteiger partial charge in [0.05, 0.1) is 11.7 Å². The number of hydrogen-bond acceptors (Lipinski definition) is 2. The Labute approximate surface area is 116 Å². The van der Waals surface area contributed by atoms with Gasteiger partial charge in [-0.3, -0.25) is 0 Å². The fraction of sp³-hybridized carbons (Fsp3) is 0.455. The molecule has 0 bridgehead atoms. The van der Waals surface area contributed by atoms with Crippen LogP contribution < -0.4 is 0 Å². The normalized spacial score (nSPS) is 15.5. The number of halogens is 5. The summed E-state index contributed by atoms with van der Waals surface area (Å²) in [6.45, 7) is 0. The van der Waals surface area contributed by atoms with Crippen molar-refractivity contribution in [2.75, 3.05) is 5.88 Å². The molecule has 1 rings (SSSR count). The molecule has 0 aliphatic rings. The van der Waals surface area contributed by atoms with Crippen LogP contribution in [0.2, 0.25) is 0 Å². The molecule has 2 atom stereocenters. The molecular weight excluding hydrogens is 336 g/mol. The summed E-state index contributed by atoms with van der Waals surface area (Å²) >= 11 is 8.32. The number of alkyl halides is 4. The molecule has 0 fully saturated rings. The van der Waals surface area contributed by atoms with Crippen LogP contribution in [0.5, 0.6) is 0 Å². The maximum absolute atomic E-state index is 12.8. The Morgan fingerprint density at radius 3 is 2.39 bits per heavy atom. The van der Waals surface area contributed by atoms with Crippen LogP contribution in [0.1, 0.15) is 23.7 Å². The van der Waals surface area contributed by atoms with E-state index in [1.54, 1.807) is 0 Å². The average molecular weight is 348 g/mol. The molecule has 0 heterocycles. The molecule has 1 aromatic rings. The van der Waals surface area contributed by atoms with E-state index in [2.05, 4.69) is 15.9 Å². The summed E-state index contributed by atoms with van der Waals surface area (Å²) in [5.74, 6) is 0.0517. The first-order valence-electron chi connectivity index (χ1n) is 5.06. The zero-order chi connectivity index (χ0) is 13.9. The summed E-state index contributed by atoms with van der Waals surface area (Å²) in [7, 11) is 0. The lowest BCUT2D eigenvalue weighted by molar-refractivity contribution is -0.140. The predicted octanol–water partition coefficient (Wildman–Crippen LogP) is 3.49. The quantitative estimate of drug-likeness (QED) is 0.819. The maximum atomic E-state index is 12.8. The molecule has 0 saturated carbocycles. The van der Waals surface area contributed by atoms with Gasteiger partial charge in [0.2, 0.25) is 0 Å². The molecule has 0 saturated heterocycles. The molecule has 0 aliphatic heterocycles. The highest BCUT2D eigenvalue weighted by Crippen LogP contribution is 2.37. The number of hydrogen-bond donors (Lipinski definition) is 2. The van der Waals surface area contributed by atoms with Crippen LogP contribution in [0.15, 0.2) is 22.7 Å². The summed E-state index contributed by atoms with van der Waals surface area (Å²) in [5.41, 5.74) is -1.33. The first-order valence-corrected chi connectivity index (χ1v) is 6.39. The van der Waals surface area contributed by atoms with E-state index in [4.69, 9.17) is 11.6 Å². The zero-order valence-electron chi connectivity index (χ0n) is 9.09. The van der Waals surface area contributed by atoms with Crippen LogP contribution in [0, 0.1) is 0 Å². The Morgan fingerprint density at radius 1 is 1.28 bits per heavy atom. The molecule has 0 radical (unpaired) electrons. The van der Waals surface area contributed by atoms with E-state index in [-0.39, 0.29) is 22.3 Å². The van der Waals surface area contributed by atoms with Crippen molar-refractivity contribution in [3.05, 3.63) is 33.8 Å². The third-order valence-corrected chi connectivity index (χ3v) is 3.12. The third kappa shape index (κ3) is 3.85. The van der Waals surface area contributed by atoms with Gasteiger partial charge in [-0.2, -0.15) is 13.2 Å². The summed E-state index contributed by atoms with van der Waals surface area (Å²) in [5, 5.41) is 19.2. The number of benzene rings is 1. The smallest absolute Gasteiger partial charge is 0.390 e. The van der Waals surface area contributed by atoms with Gasteiger partial charge in [-0.15, -0.1) is 11.6 Å². The van der Waals surface area contributed by atoms with Crippen LogP contribution in [0.25, 0.3) is 0 Å². The highest BCUT2D eigenvalue weighted by molar-refractivity contribution is 9.10. The first-order chi connectivity index (χ1) is 8.27. The molecule has 2 unspecified atom stereocenters. The Morgan fingerprint density at radius 2 is 1.89 bits per heavy atom. The first kappa shape index (κ1) is 15.8. The van der Waals surface area contributed by atoms with Gasteiger partial charge < -0.3 is 10.2 Å². The summed E-state index contributed by atoms with van der Waals surface area (Å²) in [4.78, 5) is 0. The molecule has 2 nitrogen and oxygen atoms in total. The van der Waals surface area contributed by atoms with Crippen molar-refractivity contribution in [3.63, 3.8) is 0 Å².